The summed E-state index contributed by atoms with van der Waals surface area (Å²) in [4.78, 5) is 14.2. The Hall–Kier alpha value is -1.11. The second-order valence-electron chi connectivity index (χ2n) is 7.00. The lowest BCUT2D eigenvalue weighted by Crippen LogP contribution is -2.41. The Bertz CT molecular complexity index is 656. The Morgan fingerprint density at radius 1 is 1.26 bits per heavy atom. The maximum atomic E-state index is 12.4. The molecule has 1 aromatic carbocycles. The molecule has 0 unspecified atom stereocenters. The van der Waals surface area contributed by atoms with E-state index >= 15 is 0 Å². The van der Waals surface area contributed by atoms with Crippen LogP contribution in [0.1, 0.15) is 43.6 Å². The number of carbonyl (C=O) groups excluding carboxylic acids is 1. The van der Waals surface area contributed by atoms with Gasteiger partial charge < -0.3 is 14.2 Å². The van der Waals surface area contributed by atoms with E-state index in [-0.39, 0.29) is 24.2 Å². The minimum absolute atomic E-state index is 0.0693. The average Bonchev–Trinajstić information content (AvgIpc) is 2.86. The van der Waals surface area contributed by atoms with Crippen LogP contribution in [-0.2, 0) is 15.9 Å². The first-order valence-corrected chi connectivity index (χ1v) is 8.59. The van der Waals surface area contributed by atoms with Crippen LogP contribution in [0.5, 0.6) is 0 Å². The summed E-state index contributed by atoms with van der Waals surface area (Å²) in [6.45, 7) is 9.28. The zero-order valence-electron chi connectivity index (χ0n) is 13.9. The number of carbonyl (C=O) groups is 1. The highest BCUT2D eigenvalue weighted by atomic mass is 79.9. The van der Waals surface area contributed by atoms with Crippen molar-refractivity contribution in [2.24, 2.45) is 0 Å². The highest BCUT2D eigenvalue weighted by Crippen LogP contribution is 2.37. The van der Waals surface area contributed by atoms with Crippen LogP contribution in [0.3, 0.4) is 0 Å². The molecule has 122 valence electrons. The van der Waals surface area contributed by atoms with Gasteiger partial charge in [0.1, 0.15) is 0 Å². The van der Waals surface area contributed by atoms with E-state index in [2.05, 4.69) is 15.9 Å². The van der Waals surface area contributed by atoms with Crippen molar-refractivity contribution in [1.82, 2.24) is 4.90 Å². The van der Waals surface area contributed by atoms with Gasteiger partial charge in [-0.25, -0.2) is 0 Å². The van der Waals surface area contributed by atoms with Crippen molar-refractivity contribution in [3.8, 4) is 0 Å². The van der Waals surface area contributed by atoms with E-state index in [0.717, 1.165) is 15.6 Å². The molecule has 0 aromatic heterocycles. The van der Waals surface area contributed by atoms with E-state index < -0.39 is 0 Å². The zero-order chi connectivity index (χ0) is 16.8. The third kappa shape index (κ3) is 3.00. The number of hydrogen-bond acceptors (Lipinski definition) is 3. The van der Waals surface area contributed by atoms with E-state index in [1.807, 2.05) is 62.8 Å². The Morgan fingerprint density at radius 2 is 1.91 bits per heavy atom. The van der Waals surface area contributed by atoms with Gasteiger partial charge in [0.15, 0.2) is 0 Å². The van der Waals surface area contributed by atoms with Gasteiger partial charge >= 0.3 is 7.12 Å². The van der Waals surface area contributed by atoms with E-state index in [1.54, 1.807) is 0 Å². The SMILES string of the molecule is CC1(C)OB(/C=C/CN2Cc3c(Br)cccc3C2=O)OC1(C)C. The Labute approximate surface area is 146 Å². The van der Waals surface area contributed by atoms with Gasteiger partial charge in [0.25, 0.3) is 5.91 Å². The van der Waals surface area contributed by atoms with Gasteiger partial charge in [0.2, 0.25) is 0 Å². The van der Waals surface area contributed by atoms with Gasteiger partial charge in [0, 0.05) is 23.1 Å². The molecular weight excluding hydrogens is 357 g/mol. The van der Waals surface area contributed by atoms with Crippen LogP contribution < -0.4 is 0 Å². The number of fused-ring (bicyclic) bond motifs is 1. The van der Waals surface area contributed by atoms with Crippen molar-refractivity contribution >= 4 is 29.0 Å². The quantitative estimate of drug-likeness (QED) is 0.755. The fourth-order valence-corrected chi connectivity index (χ4v) is 3.26. The number of rotatable bonds is 3. The van der Waals surface area contributed by atoms with Gasteiger partial charge in [-0.05, 0) is 45.4 Å². The summed E-state index contributed by atoms with van der Waals surface area (Å²) < 4.78 is 12.8. The van der Waals surface area contributed by atoms with Crippen LogP contribution in [0.4, 0.5) is 0 Å². The van der Waals surface area contributed by atoms with Crippen molar-refractivity contribution in [3.05, 3.63) is 45.9 Å². The Morgan fingerprint density at radius 3 is 2.52 bits per heavy atom. The molecule has 4 nitrogen and oxygen atoms in total. The lowest BCUT2D eigenvalue weighted by atomic mass is 9.90. The summed E-state index contributed by atoms with van der Waals surface area (Å²) in [6, 6.07) is 5.74. The predicted octanol–water partition coefficient (Wildman–Crippen LogP) is 3.59. The molecule has 3 rings (SSSR count). The van der Waals surface area contributed by atoms with Gasteiger partial charge in [-0.3, -0.25) is 4.79 Å². The highest BCUT2D eigenvalue weighted by Gasteiger charge is 2.50. The molecule has 0 spiro atoms. The predicted molar refractivity (Wildman–Crippen MR) is 94.1 cm³/mol. The standard InChI is InChI=1S/C17H21BBrNO3/c1-16(2)17(3,4)23-18(22-16)9-6-10-20-11-13-12(15(20)21)7-5-8-14(13)19/h5-9H,10-11H2,1-4H3/b9-6+. The summed E-state index contributed by atoms with van der Waals surface area (Å²) in [7, 11) is -0.369. The summed E-state index contributed by atoms with van der Waals surface area (Å²) in [5.41, 5.74) is 1.16. The van der Waals surface area contributed by atoms with Gasteiger partial charge in [-0.2, -0.15) is 0 Å². The normalized spacial score (nSPS) is 22.2. The number of halogens is 1. The molecule has 2 heterocycles. The van der Waals surface area contributed by atoms with Crippen molar-refractivity contribution in [2.75, 3.05) is 6.54 Å². The summed E-state index contributed by atoms with van der Waals surface area (Å²) >= 11 is 3.51. The number of nitrogens with zero attached hydrogens (tertiary/aromatic N) is 1. The average molecular weight is 378 g/mol. The first-order valence-electron chi connectivity index (χ1n) is 7.80. The molecule has 0 aliphatic carbocycles. The maximum Gasteiger partial charge on any atom is 0.486 e. The molecule has 0 bridgehead atoms. The van der Waals surface area contributed by atoms with E-state index in [0.29, 0.717) is 13.1 Å². The van der Waals surface area contributed by atoms with Crippen LogP contribution >= 0.6 is 15.9 Å². The van der Waals surface area contributed by atoms with Crippen LogP contribution in [0.15, 0.2) is 34.7 Å². The first-order chi connectivity index (χ1) is 10.7. The summed E-state index contributed by atoms with van der Waals surface area (Å²) in [5, 5.41) is 0. The van der Waals surface area contributed by atoms with E-state index in [4.69, 9.17) is 9.31 Å². The topological polar surface area (TPSA) is 38.8 Å². The molecule has 1 aromatic rings. The van der Waals surface area contributed by atoms with E-state index in [1.165, 1.54) is 0 Å². The number of amides is 1. The monoisotopic (exact) mass is 377 g/mol. The van der Waals surface area contributed by atoms with Gasteiger partial charge in [0.05, 0.1) is 11.2 Å². The molecule has 1 amide bonds. The second kappa shape index (κ2) is 5.76. The van der Waals surface area contributed by atoms with Crippen LogP contribution in [0.2, 0.25) is 0 Å². The molecule has 2 aliphatic rings. The molecule has 0 N–H and O–H groups in total. The van der Waals surface area contributed by atoms with Crippen LogP contribution in [-0.4, -0.2) is 35.7 Å². The largest absolute Gasteiger partial charge is 0.486 e. The third-order valence-electron chi connectivity index (χ3n) is 4.88. The van der Waals surface area contributed by atoms with Crippen molar-refractivity contribution in [2.45, 2.75) is 45.4 Å². The first kappa shape index (κ1) is 16.7. The van der Waals surface area contributed by atoms with Crippen LogP contribution in [0, 0.1) is 0 Å². The molecule has 1 fully saturated rings. The minimum atomic E-state index is -0.369. The molecule has 1 saturated heterocycles. The number of benzene rings is 1. The fraction of sp³-hybridized carbons (Fsp3) is 0.471. The van der Waals surface area contributed by atoms with E-state index in [9.17, 15) is 4.79 Å². The molecule has 0 saturated carbocycles. The minimum Gasteiger partial charge on any atom is -0.400 e. The van der Waals surface area contributed by atoms with Crippen LogP contribution in [0.25, 0.3) is 0 Å². The van der Waals surface area contributed by atoms with Crippen molar-refractivity contribution < 1.29 is 14.1 Å². The molecule has 6 heteroatoms. The van der Waals surface area contributed by atoms with Crippen molar-refractivity contribution in [1.29, 1.82) is 0 Å². The summed E-state index contributed by atoms with van der Waals surface area (Å²) in [6.07, 6.45) is 1.94. The Balaban J connectivity index is 1.63. The molecule has 0 atom stereocenters. The second-order valence-corrected chi connectivity index (χ2v) is 7.86. The van der Waals surface area contributed by atoms with Gasteiger partial charge in [-0.15, -0.1) is 0 Å². The third-order valence-corrected chi connectivity index (χ3v) is 5.62. The highest BCUT2D eigenvalue weighted by molar-refractivity contribution is 9.10. The molecular formula is C17H21BBrNO3. The molecule has 23 heavy (non-hydrogen) atoms. The lowest BCUT2D eigenvalue weighted by Gasteiger charge is -2.32. The smallest absolute Gasteiger partial charge is 0.400 e. The lowest BCUT2D eigenvalue weighted by molar-refractivity contribution is 0.00578. The Kier molecular flexibility index (Phi) is 4.19. The maximum absolute atomic E-state index is 12.4. The molecule has 0 radical (unpaired) electrons. The van der Waals surface area contributed by atoms with Crippen molar-refractivity contribution in [3.63, 3.8) is 0 Å². The molecule has 2 aliphatic heterocycles. The zero-order valence-corrected chi connectivity index (χ0v) is 15.5. The van der Waals surface area contributed by atoms with Gasteiger partial charge in [-0.1, -0.05) is 34.0 Å². The number of hydrogen-bond donors (Lipinski definition) is 0. The fourth-order valence-electron chi connectivity index (χ4n) is 2.77. The summed E-state index contributed by atoms with van der Waals surface area (Å²) in [5.74, 6) is 1.96.